The van der Waals surface area contributed by atoms with E-state index in [1.807, 2.05) is 0 Å². The van der Waals surface area contributed by atoms with Crippen molar-refractivity contribution in [1.82, 2.24) is 5.32 Å². The topological polar surface area (TPSA) is 59.6 Å². The highest BCUT2D eigenvalue weighted by molar-refractivity contribution is 5.85. The van der Waals surface area contributed by atoms with Crippen LogP contribution in [0.15, 0.2) is 4.99 Å². The zero-order valence-corrected chi connectivity index (χ0v) is 18.0. The Morgan fingerprint density at radius 1 is 0.808 bits per heavy atom. The number of aliphatic imine (C=N–C) groups is 1. The van der Waals surface area contributed by atoms with Crippen LogP contribution in [0, 0.1) is 0 Å². The Kier molecular flexibility index (Phi) is 18.9. The highest BCUT2D eigenvalue weighted by Gasteiger charge is 2.14. The van der Waals surface area contributed by atoms with Gasteiger partial charge in [-0.3, -0.25) is 5.32 Å². The maximum Gasteiger partial charge on any atom is 0.283 e. The van der Waals surface area contributed by atoms with E-state index in [0.717, 1.165) is 6.54 Å². The molecular weight excluding hydrogens is 346 g/mol. The average Bonchev–Trinajstić information content (AvgIpc) is 3.03. The van der Waals surface area contributed by atoms with E-state index in [4.69, 9.17) is 10.5 Å². The van der Waals surface area contributed by atoms with Gasteiger partial charge in [-0.15, -0.1) is 12.4 Å². The van der Waals surface area contributed by atoms with Crippen molar-refractivity contribution in [1.29, 1.82) is 0 Å². The summed E-state index contributed by atoms with van der Waals surface area (Å²) in [6.07, 6.45) is 22.7. The van der Waals surface area contributed by atoms with E-state index in [1.165, 1.54) is 103 Å². The predicted molar refractivity (Wildman–Crippen MR) is 116 cm³/mol. The molecular formula is C21H44ClN3O. The zero-order valence-electron chi connectivity index (χ0n) is 17.1. The van der Waals surface area contributed by atoms with Gasteiger partial charge in [-0.2, -0.15) is 0 Å². The van der Waals surface area contributed by atoms with Gasteiger partial charge in [-0.1, -0.05) is 103 Å². The maximum atomic E-state index is 5.48. The summed E-state index contributed by atoms with van der Waals surface area (Å²) >= 11 is 0. The molecule has 0 saturated heterocycles. The number of hydrogen-bond donors (Lipinski definition) is 2. The molecule has 0 amide bonds. The lowest BCUT2D eigenvalue weighted by molar-refractivity contribution is 0.294. The van der Waals surface area contributed by atoms with Gasteiger partial charge in [0.2, 0.25) is 0 Å². The van der Waals surface area contributed by atoms with Gasteiger partial charge in [0, 0.05) is 0 Å². The lowest BCUT2D eigenvalue weighted by Gasteiger charge is -2.07. The number of hydrogen-bond acceptors (Lipinski definition) is 4. The van der Waals surface area contributed by atoms with E-state index < -0.39 is 0 Å². The molecule has 0 saturated carbocycles. The van der Waals surface area contributed by atoms with Crippen LogP contribution in [0.2, 0.25) is 0 Å². The molecule has 1 rings (SSSR count). The van der Waals surface area contributed by atoms with Crippen molar-refractivity contribution in [3.63, 3.8) is 0 Å². The molecule has 4 nitrogen and oxygen atoms in total. The van der Waals surface area contributed by atoms with Gasteiger partial charge in [-0.05, 0) is 13.0 Å². The molecule has 0 aromatic heterocycles. The number of amidine groups is 1. The van der Waals surface area contributed by atoms with E-state index in [-0.39, 0.29) is 18.6 Å². The zero-order chi connectivity index (χ0) is 18.0. The number of unbranched alkanes of at least 4 members (excludes halogenated alkanes) is 15. The van der Waals surface area contributed by atoms with E-state index in [0.29, 0.717) is 12.6 Å². The molecule has 3 N–H and O–H groups in total. The summed E-state index contributed by atoms with van der Waals surface area (Å²) in [4.78, 5) is 4.16. The van der Waals surface area contributed by atoms with Gasteiger partial charge in [0.1, 0.15) is 12.8 Å². The van der Waals surface area contributed by atoms with Crippen molar-refractivity contribution in [2.45, 2.75) is 116 Å². The molecule has 26 heavy (non-hydrogen) atoms. The molecule has 0 bridgehead atoms. The first-order chi connectivity index (χ1) is 12.3. The first kappa shape index (κ1) is 25.5. The molecule has 0 aromatic rings. The van der Waals surface area contributed by atoms with Crippen LogP contribution in [0.25, 0.3) is 0 Å². The highest BCUT2D eigenvalue weighted by Crippen LogP contribution is 2.13. The fraction of sp³-hybridized carbons (Fsp3) is 0.952. The van der Waals surface area contributed by atoms with Gasteiger partial charge in [0.15, 0.2) is 0 Å². The third-order valence-corrected chi connectivity index (χ3v) is 5.08. The Morgan fingerprint density at radius 3 is 1.62 bits per heavy atom. The van der Waals surface area contributed by atoms with Crippen molar-refractivity contribution in [2.24, 2.45) is 10.7 Å². The van der Waals surface area contributed by atoms with Gasteiger partial charge in [-0.25, -0.2) is 4.99 Å². The van der Waals surface area contributed by atoms with Crippen LogP contribution >= 0.6 is 12.4 Å². The Hall–Kier alpha value is -0.480. The van der Waals surface area contributed by atoms with Crippen LogP contribution in [0.3, 0.4) is 0 Å². The number of ether oxygens (including phenoxy) is 1. The molecule has 1 aliphatic heterocycles. The normalized spacial score (nSPS) is 16.2. The summed E-state index contributed by atoms with van der Waals surface area (Å²) in [6, 6.07) is 0.324. The third kappa shape index (κ3) is 15.7. The second-order valence-corrected chi connectivity index (χ2v) is 7.55. The molecule has 1 heterocycles. The van der Waals surface area contributed by atoms with Gasteiger partial charge >= 0.3 is 0 Å². The third-order valence-electron chi connectivity index (χ3n) is 5.08. The van der Waals surface area contributed by atoms with E-state index in [2.05, 4.69) is 17.2 Å². The van der Waals surface area contributed by atoms with Crippen molar-refractivity contribution in [3.8, 4) is 0 Å². The summed E-state index contributed by atoms with van der Waals surface area (Å²) in [6.45, 7) is 3.89. The Labute approximate surface area is 168 Å². The van der Waals surface area contributed by atoms with Gasteiger partial charge < -0.3 is 10.5 Å². The first-order valence-corrected chi connectivity index (χ1v) is 11.0. The summed E-state index contributed by atoms with van der Waals surface area (Å²) in [5, 5.41) is 3.37. The fourth-order valence-electron chi connectivity index (χ4n) is 3.44. The second-order valence-electron chi connectivity index (χ2n) is 7.55. The van der Waals surface area contributed by atoms with Gasteiger partial charge in [0.05, 0.1) is 0 Å². The van der Waals surface area contributed by atoms with Crippen LogP contribution in [-0.2, 0) is 4.74 Å². The van der Waals surface area contributed by atoms with Crippen molar-refractivity contribution >= 4 is 18.4 Å². The van der Waals surface area contributed by atoms with Crippen LogP contribution in [-0.4, -0.2) is 25.3 Å². The molecule has 0 aliphatic carbocycles. The predicted octanol–water partition coefficient (Wildman–Crippen LogP) is 5.93. The highest BCUT2D eigenvalue weighted by atomic mass is 35.5. The quantitative estimate of drug-likeness (QED) is 0.285. The van der Waals surface area contributed by atoms with Crippen LogP contribution < -0.4 is 11.1 Å². The average molecular weight is 390 g/mol. The monoisotopic (exact) mass is 389 g/mol. The number of nitrogens with one attached hydrogen (secondary N) is 1. The Bertz CT molecular complexity index is 326. The van der Waals surface area contributed by atoms with Crippen LogP contribution in [0.5, 0.6) is 0 Å². The minimum atomic E-state index is 0. The largest absolute Gasteiger partial charge is 0.462 e. The van der Waals surface area contributed by atoms with Gasteiger partial charge in [0.25, 0.3) is 6.02 Å². The van der Waals surface area contributed by atoms with Crippen LogP contribution in [0.1, 0.15) is 110 Å². The van der Waals surface area contributed by atoms with E-state index >= 15 is 0 Å². The molecule has 0 fully saturated rings. The molecule has 0 aromatic carbocycles. The summed E-state index contributed by atoms with van der Waals surface area (Å²) < 4.78 is 5.11. The molecule has 156 valence electrons. The van der Waals surface area contributed by atoms with E-state index in [1.54, 1.807) is 0 Å². The number of nitrogens with two attached hydrogens (primary N) is 1. The van der Waals surface area contributed by atoms with E-state index in [9.17, 15) is 0 Å². The summed E-state index contributed by atoms with van der Waals surface area (Å²) in [5.74, 6) is 0. The molecule has 1 aliphatic rings. The number of nitrogens with zero attached hydrogens (tertiary/aromatic N) is 1. The number of rotatable bonds is 18. The maximum absolute atomic E-state index is 5.48. The molecule has 1 atom stereocenters. The molecule has 0 radical (unpaired) electrons. The fourth-order valence-corrected chi connectivity index (χ4v) is 3.44. The second kappa shape index (κ2) is 19.3. The first-order valence-electron chi connectivity index (χ1n) is 11.0. The van der Waals surface area contributed by atoms with Crippen molar-refractivity contribution in [2.75, 3.05) is 13.2 Å². The summed E-state index contributed by atoms with van der Waals surface area (Å²) in [7, 11) is 0. The Morgan fingerprint density at radius 2 is 1.23 bits per heavy atom. The summed E-state index contributed by atoms with van der Waals surface area (Å²) in [5.41, 5.74) is 5.48. The minimum absolute atomic E-state index is 0. The molecule has 5 heteroatoms. The number of halogens is 1. The van der Waals surface area contributed by atoms with Crippen molar-refractivity contribution < 1.29 is 4.74 Å². The van der Waals surface area contributed by atoms with Crippen molar-refractivity contribution in [3.05, 3.63) is 0 Å². The minimum Gasteiger partial charge on any atom is -0.462 e. The lowest BCUT2D eigenvalue weighted by atomic mass is 10.0. The lowest BCUT2D eigenvalue weighted by Crippen LogP contribution is -2.29. The standard InChI is InChI=1S/C21H43N3O.ClH/c1-2-3-4-5-6-7-8-9-10-11-12-13-14-15-16-17-18-23-20-19-25-21(22)24-20;/h20,23H,2-19H2,1H3,(H2,22,24);1H. The Balaban J connectivity index is 0.00000625. The van der Waals surface area contributed by atoms with Crippen LogP contribution in [0.4, 0.5) is 0 Å². The molecule has 0 spiro atoms. The SMILES string of the molecule is CCCCCCCCCCCCCCCCCCNC1COC(N)=N1.Cl. The molecule has 1 unspecified atom stereocenters. The smallest absolute Gasteiger partial charge is 0.283 e.